The van der Waals surface area contributed by atoms with Gasteiger partial charge < -0.3 is 33.2 Å². The summed E-state index contributed by atoms with van der Waals surface area (Å²) in [7, 11) is 7.67. The van der Waals surface area contributed by atoms with Gasteiger partial charge in [-0.1, -0.05) is 6.07 Å². The molecule has 0 radical (unpaired) electrons. The molecule has 9 nitrogen and oxygen atoms in total. The molecule has 0 unspecified atom stereocenters. The van der Waals surface area contributed by atoms with E-state index in [4.69, 9.17) is 33.2 Å². The summed E-state index contributed by atoms with van der Waals surface area (Å²) in [6.07, 6.45) is 1.66. The van der Waals surface area contributed by atoms with E-state index in [0.29, 0.717) is 56.9 Å². The van der Waals surface area contributed by atoms with Gasteiger partial charge in [-0.2, -0.15) is 0 Å². The Kier molecular flexibility index (Phi) is 6.59. The van der Waals surface area contributed by atoms with Crippen molar-refractivity contribution < 1.29 is 42.7 Å². The van der Waals surface area contributed by atoms with E-state index in [2.05, 4.69) is 0 Å². The summed E-state index contributed by atoms with van der Waals surface area (Å²) >= 11 is 0. The Morgan fingerprint density at radius 2 is 1.39 bits per heavy atom. The van der Waals surface area contributed by atoms with E-state index in [-0.39, 0.29) is 23.9 Å². The zero-order valence-corrected chi connectivity index (χ0v) is 21.6. The predicted octanol–water partition coefficient (Wildman–Crippen LogP) is 4.79. The third-order valence-electron chi connectivity index (χ3n) is 6.61. The van der Waals surface area contributed by atoms with E-state index < -0.39 is 5.92 Å². The molecule has 2 heterocycles. The van der Waals surface area contributed by atoms with Crippen LogP contribution in [-0.2, 0) is 4.79 Å². The van der Waals surface area contributed by atoms with E-state index >= 15 is 0 Å². The largest absolute Gasteiger partial charge is 0.496 e. The Hall–Kier alpha value is -4.66. The van der Waals surface area contributed by atoms with Gasteiger partial charge in [0.15, 0.2) is 28.8 Å². The van der Waals surface area contributed by atoms with E-state index in [1.165, 1.54) is 21.3 Å². The first-order valence-corrected chi connectivity index (χ1v) is 11.8. The number of Topliss-reactive ketones (excluding diaryl/α,β-unsaturated/α-hetero) is 1. The number of ether oxygens (including phenoxy) is 7. The molecule has 0 N–H and O–H groups in total. The lowest BCUT2D eigenvalue weighted by Gasteiger charge is -2.26. The van der Waals surface area contributed by atoms with Gasteiger partial charge in [-0.15, -0.1) is 0 Å². The van der Waals surface area contributed by atoms with E-state index in [1.807, 2.05) is 12.1 Å². The van der Waals surface area contributed by atoms with Crippen molar-refractivity contribution >= 4 is 17.8 Å². The van der Waals surface area contributed by atoms with E-state index in [1.54, 1.807) is 50.6 Å². The Balaban J connectivity index is 1.60. The molecule has 3 aromatic rings. The second-order valence-electron chi connectivity index (χ2n) is 8.59. The topological polar surface area (TPSA) is 98.8 Å². The summed E-state index contributed by atoms with van der Waals surface area (Å²) in [6, 6.07) is 12.1. The maximum atomic E-state index is 13.4. The van der Waals surface area contributed by atoms with Gasteiger partial charge in [0.1, 0.15) is 17.2 Å². The zero-order chi connectivity index (χ0) is 27.0. The highest BCUT2D eigenvalue weighted by Gasteiger charge is 2.39. The maximum absolute atomic E-state index is 13.4. The number of allylic oxidation sites excluding steroid dienone is 1. The zero-order valence-electron chi connectivity index (χ0n) is 21.6. The number of methoxy groups -OCH3 is 5. The van der Waals surface area contributed by atoms with Gasteiger partial charge in [-0.25, -0.2) is 0 Å². The Morgan fingerprint density at radius 1 is 0.737 bits per heavy atom. The van der Waals surface area contributed by atoms with Crippen LogP contribution in [0.25, 0.3) is 6.08 Å². The Labute approximate surface area is 219 Å². The molecule has 5 rings (SSSR count). The van der Waals surface area contributed by atoms with Crippen LogP contribution in [0.2, 0.25) is 0 Å². The van der Waals surface area contributed by atoms with Crippen molar-refractivity contribution in [2.75, 3.05) is 35.5 Å². The molecule has 0 bridgehead atoms. The first-order valence-electron chi connectivity index (χ1n) is 11.8. The SMILES string of the molecule is COc1cc(OC)c(OC)cc1/C=C1\Oc2c(ccc3c2[C@H](c2ccc(OC)c(OC)c2)CC(=O)O3)C1=O. The molecule has 2 aliphatic rings. The summed E-state index contributed by atoms with van der Waals surface area (Å²) in [5, 5.41) is 0. The molecule has 196 valence electrons. The van der Waals surface area contributed by atoms with E-state index in [9.17, 15) is 9.59 Å². The van der Waals surface area contributed by atoms with Crippen molar-refractivity contribution in [3.8, 4) is 40.2 Å². The number of carbonyl (C=O) groups is 2. The standard InChI is InChI=1S/C29H26O9/c1-32-19-8-6-15(10-22(19)34-3)18-13-26(30)37-20-9-7-17-28(31)25(38-29(17)27(18)20)12-16-11-23(35-4)24(36-5)14-21(16)33-2/h6-12,14,18H,13H2,1-5H3/b25-12-/t18-/m0/s1. The first-order chi connectivity index (χ1) is 18.4. The summed E-state index contributed by atoms with van der Waals surface area (Å²) in [5.74, 6) is 2.21. The summed E-state index contributed by atoms with van der Waals surface area (Å²) in [4.78, 5) is 25.9. The number of ketones is 1. The molecule has 0 aromatic heterocycles. The van der Waals surface area contributed by atoms with Gasteiger partial charge >= 0.3 is 5.97 Å². The summed E-state index contributed by atoms with van der Waals surface area (Å²) < 4.78 is 38.8. The second-order valence-corrected chi connectivity index (χ2v) is 8.59. The molecule has 0 saturated carbocycles. The number of rotatable bonds is 7. The molecule has 9 heteroatoms. The minimum absolute atomic E-state index is 0.0685. The van der Waals surface area contributed by atoms with Crippen LogP contribution >= 0.6 is 0 Å². The Bertz CT molecular complexity index is 1470. The average Bonchev–Trinajstić information content (AvgIpc) is 3.26. The first kappa shape index (κ1) is 25.0. The van der Waals surface area contributed by atoms with Crippen molar-refractivity contribution in [1.29, 1.82) is 0 Å². The van der Waals surface area contributed by atoms with Crippen molar-refractivity contribution in [2.45, 2.75) is 12.3 Å². The fraction of sp³-hybridized carbons (Fsp3) is 0.241. The van der Waals surface area contributed by atoms with Crippen molar-refractivity contribution in [3.05, 3.63) is 70.5 Å². The summed E-state index contributed by atoms with van der Waals surface area (Å²) in [6.45, 7) is 0. The molecule has 0 saturated heterocycles. The molecule has 0 fully saturated rings. The molecular formula is C29H26O9. The highest BCUT2D eigenvalue weighted by atomic mass is 16.5. The monoisotopic (exact) mass is 518 g/mol. The number of carbonyl (C=O) groups excluding carboxylic acids is 2. The van der Waals surface area contributed by atoms with Crippen LogP contribution in [0, 0.1) is 0 Å². The maximum Gasteiger partial charge on any atom is 0.312 e. The van der Waals surface area contributed by atoms with Gasteiger partial charge in [-0.05, 0) is 42.0 Å². The third kappa shape index (κ3) is 4.15. The van der Waals surface area contributed by atoms with Crippen LogP contribution in [0.5, 0.6) is 40.2 Å². The van der Waals surface area contributed by atoms with Crippen molar-refractivity contribution in [3.63, 3.8) is 0 Å². The number of fused-ring (bicyclic) bond motifs is 3. The molecule has 2 aliphatic heterocycles. The minimum Gasteiger partial charge on any atom is -0.496 e. The molecule has 0 aliphatic carbocycles. The molecule has 0 amide bonds. The van der Waals surface area contributed by atoms with Gasteiger partial charge in [0.25, 0.3) is 0 Å². The van der Waals surface area contributed by atoms with E-state index in [0.717, 1.165) is 5.56 Å². The number of benzene rings is 3. The van der Waals surface area contributed by atoms with Crippen LogP contribution in [0.3, 0.4) is 0 Å². The van der Waals surface area contributed by atoms with Gasteiger partial charge in [-0.3, -0.25) is 9.59 Å². The van der Waals surface area contributed by atoms with Crippen molar-refractivity contribution in [2.24, 2.45) is 0 Å². The van der Waals surface area contributed by atoms with Crippen LogP contribution in [0.4, 0.5) is 0 Å². The third-order valence-corrected chi connectivity index (χ3v) is 6.61. The van der Waals surface area contributed by atoms with Gasteiger partial charge in [0, 0.05) is 23.1 Å². The van der Waals surface area contributed by atoms with Crippen molar-refractivity contribution in [1.82, 2.24) is 0 Å². The molecule has 0 spiro atoms. The van der Waals surface area contributed by atoms with Gasteiger partial charge in [0.2, 0.25) is 5.78 Å². The van der Waals surface area contributed by atoms with Crippen LogP contribution < -0.4 is 33.2 Å². The lowest BCUT2D eigenvalue weighted by molar-refractivity contribution is -0.135. The number of esters is 1. The van der Waals surface area contributed by atoms with Gasteiger partial charge in [0.05, 0.1) is 47.5 Å². The van der Waals surface area contributed by atoms with Crippen LogP contribution in [-0.4, -0.2) is 47.3 Å². The molecule has 3 aromatic carbocycles. The summed E-state index contributed by atoms with van der Waals surface area (Å²) in [5.41, 5.74) is 2.35. The number of hydrogen-bond acceptors (Lipinski definition) is 9. The quantitative estimate of drug-likeness (QED) is 0.248. The fourth-order valence-electron chi connectivity index (χ4n) is 4.77. The molecule has 38 heavy (non-hydrogen) atoms. The minimum atomic E-state index is -0.427. The van der Waals surface area contributed by atoms with Crippen LogP contribution in [0.1, 0.15) is 39.4 Å². The lowest BCUT2D eigenvalue weighted by atomic mass is 9.84. The highest BCUT2D eigenvalue weighted by Crippen LogP contribution is 2.50. The average molecular weight is 519 g/mol. The van der Waals surface area contributed by atoms with Crippen LogP contribution in [0.15, 0.2) is 48.2 Å². The molecular weight excluding hydrogens is 492 g/mol. The highest BCUT2D eigenvalue weighted by molar-refractivity contribution is 6.15. The normalized spacial score (nSPS) is 16.8. The lowest BCUT2D eigenvalue weighted by Crippen LogP contribution is -2.21. The Morgan fingerprint density at radius 3 is 2.08 bits per heavy atom. The predicted molar refractivity (Wildman–Crippen MR) is 137 cm³/mol. The fourth-order valence-corrected chi connectivity index (χ4v) is 4.77. The second kappa shape index (κ2) is 10.0. The smallest absolute Gasteiger partial charge is 0.312 e. The molecule has 1 atom stereocenters. The number of hydrogen-bond donors (Lipinski definition) is 0.